The van der Waals surface area contributed by atoms with Crippen LogP contribution in [0.5, 0.6) is 0 Å². The summed E-state index contributed by atoms with van der Waals surface area (Å²) in [5.74, 6) is 0.681. The van der Waals surface area contributed by atoms with E-state index in [1.165, 1.54) is 87.2 Å². The lowest BCUT2D eigenvalue weighted by Crippen LogP contribution is -2.15. The second kappa shape index (κ2) is 12.7. The predicted octanol–water partition coefficient (Wildman–Crippen LogP) is 14.0. The molecule has 0 atom stereocenters. The Hall–Kier alpha value is -7.56. The number of pyridine rings is 2. The summed E-state index contributed by atoms with van der Waals surface area (Å²) in [4.78, 5) is 19.1. The summed E-state index contributed by atoms with van der Waals surface area (Å²) in [5, 5.41) is 12.6. The fourth-order valence-electron chi connectivity index (χ4n) is 9.81. The third kappa shape index (κ3) is 5.09. The van der Waals surface area contributed by atoms with E-state index in [2.05, 4.69) is 151 Å². The van der Waals surface area contributed by atoms with Crippen LogP contribution in [0.1, 0.15) is 25.0 Å². The molecule has 276 valence electrons. The highest BCUT2D eigenvalue weighted by atomic mass is 14.9. The average molecular weight is 753 g/mol. The van der Waals surface area contributed by atoms with Crippen LogP contribution in [0.4, 0.5) is 0 Å². The number of aromatic nitrogens is 4. The van der Waals surface area contributed by atoms with E-state index in [1.807, 2.05) is 42.7 Å². The molecule has 0 amide bonds. The Labute approximate surface area is 341 Å². The van der Waals surface area contributed by atoms with E-state index in [1.54, 1.807) is 12.4 Å². The zero-order valence-electron chi connectivity index (χ0n) is 32.6. The molecule has 11 aromatic rings. The minimum absolute atomic E-state index is 0.284. The number of hydrogen-bond acceptors (Lipinski definition) is 4. The Morgan fingerprint density at radius 2 is 0.898 bits per heavy atom. The molecule has 4 nitrogen and oxygen atoms in total. The van der Waals surface area contributed by atoms with Crippen molar-refractivity contribution in [2.24, 2.45) is 0 Å². The molecule has 4 heteroatoms. The molecule has 8 aromatic carbocycles. The molecule has 0 unspecified atom stereocenters. The Kier molecular flexibility index (Phi) is 7.24. The quantitative estimate of drug-likeness (QED) is 0.130. The molecule has 0 bridgehead atoms. The lowest BCUT2D eigenvalue weighted by Gasteiger charge is -2.24. The minimum Gasteiger partial charge on any atom is -0.264 e. The van der Waals surface area contributed by atoms with Crippen LogP contribution in [0.3, 0.4) is 0 Å². The van der Waals surface area contributed by atoms with E-state index in [0.29, 0.717) is 5.82 Å². The fraction of sp³-hybridized carbons (Fsp3) is 0.0545. The molecule has 0 saturated carbocycles. The van der Waals surface area contributed by atoms with Crippen LogP contribution in [0.25, 0.3) is 110 Å². The number of hydrogen-bond donors (Lipinski definition) is 0. The van der Waals surface area contributed by atoms with E-state index in [9.17, 15) is 0 Å². The van der Waals surface area contributed by atoms with Crippen molar-refractivity contribution in [1.29, 1.82) is 0 Å². The normalized spacial score (nSPS) is 13.1. The van der Waals surface area contributed by atoms with E-state index < -0.39 is 0 Å². The van der Waals surface area contributed by atoms with E-state index in [-0.39, 0.29) is 5.41 Å². The molecule has 0 fully saturated rings. The summed E-state index contributed by atoms with van der Waals surface area (Å²) >= 11 is 0. The first kappa shape index (κ1) is 33.6. The van der Waals surface area contributed by atoms with Crippen LogP contribution in [0.2, 0.25) is 0 Å². The molecular formula is C55H36N4. The molecule has 12 rings (SSSR count). The van der Waals surface area contributed by atoms with Crippen molar-refractivity contribution in [3.05, 3.63) is 194 Å². The Bertz CT molecular complexity index is 3400. The van der Waals surface area contributed by atoms with Gasteiger partial charge in [-0.15, -0.1) is 0 Å². The molecule has 3 heterocycles. The first-order valence-electron chi connectivity index (χ1n) is 20.2. The van der Waals surface area contributed by atoms with Crippen molar-refractivity contribution in [2.75, 3.05) is 0 Å². The highest BCUT2D eigenvalue weighted by Gasteiger charge is 2.35. The SMILES string of the molecule is CC1(C)c2cc(-c3nc(-c4cccnc4)cc(-c4cccnc4)n3)cc3ccc4cc(-c5c6ccccc6c(-c6cccc7ccccc67)c6ccccc56)cc1c4c23. The standard InChI is InChI=1S/C55H36N4/c1-55(2)46-28-38(50-42-17-5-7-19-44(42)53(45-20-8-6-18-43(45)50)41-21-9-13-33-12-3-4-16-40(33)41)26-34-22-23-35-27-39(29-47(55)52(35)51(34)46)54-58-48(36-14-10-24-56-31-36)30-49(59-54)37-15-11-25-57-32-37/h3-32H,1-2H3. The summed E-state index contributed by atoms with van der Waals surface area (Å²) in [6.07, 6.45) is 7.29. The molecule has 0 spiro atoms. The summed E-state index contributed by atoms with van der Waals surface area (Å²) in [6, 6.07) is 57.5. The molecule has 0 saturated heterocycles. The van der Waals surface area contributed by atoms with Gasteiger partial charge < -0.3 is 0 Å². The molecule has 59 heavy (non-hydrogen) atoms. The molecule has 0 radical (unpaired) electrons. The summed E-state index contributed by atoms with van der Waals surface area (Å²) in [7, 11) is 0. The van der Waals surface area contributed by atoms with Crippen molar-refractivity contribution in [1.82, 2.24) is 19.9 Å². The molecule has 1 aliphatic carbocycles. The van der Waals surface area contributed by atoms with E-state index in [4.69, 9.17) is 9.97 Å². The summed E-state index contributed by atoms with van der Waals surface area (Å²) < 4.78 is 0. The highest BCUT2D eigenvalue weighted by molar-refractivity contribution is 6.25. The first-order valence-corrected chi connectivity index (χ1v) is 20.2. The minimum atomic E-state index is -0.284. The largest absolute Gasteiger partial charge is 0.264 e. The van der Waals surface area contributed by atoms with Gasteiger partial charge in [-0.25, -0.2) is 9.97 Å². The van der Waals surface area contributed by atoms with Crippen molar-refractivity contribution in [2.45, 2.75) is 19.3 Å². The third-order valence-corrected chi connectivity index (χ3v) is 12.6. The van der Waals surface area contributed by atoms with E-state index >= 15 is 0 Å². The maximum absolute atomic E-state index is 5.17. The van der Waals surface area contributed by atoms with Gasteiger partial charge in [0.2, 0.25) is 0 Å². The van der Waals surface area contributed by atoms with Crippen LogP contribution in [0.15, 0.2) is 183 Å². The second-order valence-electron chi connectivity index (χ2n) is 16.2. The lowest BCUT2D eigenvalue weighted by atomic mass is 9.79. The van der Waals surface area contributed by atoms with Gasteiger partial charge in [0, 0.05) is 46.9 Å². The van der Waals surface area contributed by atoms with Crippen LogP contribution in [-0.4, -0.2) is 19.9 Å². The van der Waals surface area contributed by atoms with Gasteiger partial charge >= 0.3 is 0 Å². The van der Waals surface area contributed by atoms with Gasteiger partial charge in [-0.1, -0.05) is 117 Å². The third-order valence-electron chi connectivity index (χ3n) is 12.6. The molecule has 0 aliphatic heterocycles. The lowest BCUT2D eigenvalue weighted by molar-refractivity contribution is 0.663. The zero-order valence-corrected chi connectivity index (χ0v) is 32.6. The molecule has 3 aromatic heterocycles. The Balaban J connectivity index is 1.06. The van der Waals surface area contributed by atoms with Gasteiger partial charge in [-0.2, -0.15) is 0 Å². The predicted molar refractivity (Wildman–Crippen MR) is 244 cm³/mol. The van der Waals surface area contributed by atoms with E-state index in [0.717, 1.165) is 28.1 Å². The van der Waals surface area contributed by atoms with Crippen LogP contribution < -0.4 is 0 Å². The maximum Gasteiger partial charge on any atom is 0.160 e. The monoisotopic (exact) mass is 752 g/mol. The average Bonchev–Trinajstić information content (AvgIpc) is 3.53. The van der Waals surface area contributed by atoms with Gasteiger partial charge in [0.25, 0.3) is 0 Å². The van der Waals surface area contributed by atoms with Gasteiger partial charge in [0.05, 0.1) is 11.4 Å². The zero-order chi connectivity index (χ0) is 39.2. The Morgan fingerprint density at radius 1 is 0.390 bits per heavy atom. The summed E-state index contributed by atoms with van der Waals surface area (Å²) in [5.41, 5.74) is 11.9. The Morgan fingerprint density at radius 3 is 1.47 bits per heavy atom. The van der Waals surface area contributed by atoms with Gasteiger partial charge in [0.1, 0.15) is 0 Å². The fourth-order valence-corrected chi connectivity index (χ4v) is 9.81. The van der Waals surface area contributed by atoms with Crippen LogP contribution >= 0.6 is 0 Å². The van der Waals surface area contributed by atoms with Gasteiger partial charge in [-0.05, 0) is 142 Å². The van der Waals surface area contributed by atoms with Crippen LogP contribution in [0, 0.1) is 0 Å². The van der Waals surface area contributed by atoms with Crippen molar-refractivity contribution in [3.8, 4) is 56.2 Å². The topological polar surface area (TPSA) is 51.6 Å². The van der Waals surface area contributed by atoms with Gasteiger partial charge in [0.15, 0.2) is 5.82 Å². The van der Waals surface area contributed by atoms with Crippen molar-refractivity contribution < 1.29 is 0 Å². The maximum atomic E-state index is 5.17. The molecule has 0 N–H and O–H groups in total. The number of rotatable bonds is 5. The first-order chi connectivity index (χ1) is 29.0. The summed E-state index contributed by atoms with van der Waals surface area (Å²) in [6.45, 7) is 4.75. The van der Waals surface area contributed by atoms with Gasteiger partial charge in [-0.3, -0.25) is 9.97 Å². The second-order valence-corrected chi connectivity index (χ2v) is 16.2. The molecular weight excluding hydrogens is 717 g/mol. The highest BCUT2D eigenvalue weighted by Crippen LogP contribution is 2.53. The van der Waals surface area contributed by atoms with Crippen molar-refractivity contribution in [3.63, 3.8) is 0 Å². The van der Waals surface area contributed by atoms with Crippen molar-refractivity contribution >= 4 is 53.9 Å². The van der Waals surface area contributed by atoms with Crippen LogP contribution in [-0.2, 0) is 5.41 Å². The number of fused-ring (bicyclic) bond motifs is 3. The molecule has 1 aliphatic rings. The smallest absolute Gasteiger partial charge is 0.160 e. The number of nitrogens with zero attached hydrogens (tertiary/aromatic N) is 4. The number of benzene rings is 8.